The zero-order chi connectivity index (χ0) is 11.5. The maximum atomic E-state index is 11.7. The number of carbonyl (C=O) groups is 1. The Morgan fingerprint density at radius 1 is 1.33 bits per heavy atom. The van der Waals surface area contributed by atoms with Crippen LogP contribution in [0.2, 0.25) is 0 Å². The van der Waals surface area contributed by atoms with Crippen molar-refractivity contribution in [2.45, 2.75) is 58.5 Å². The Balaban J connectivity index is 2.15. The van der Waals surface area contributed by atoms with Gasteiger partial charge in [0.05, 0.1) is 6.04 Å². The van der Waals surface area contributed by atoms with Gasteiger partial charge in [0.25, 0.3) is 0 Å². The van der Waals surface area contributed by atoms with Gasteiger partial charge in [-0.05, 0) is 39.0 Å². The van der Waals surface area contributed by atoms with Crippen molar-refractivity contribution in [2.24, 2.45) is 5.92 Å². The van der Waals surface area contributed by atoms with E-state index in [0.717, 1.165) is 13.0 Å². The van der Waals surface area contributed by atoms with E-state index in [1.54, 1.807) is 0 Å². The fourth-order valence-corrected chi connectivity index (χ4v) is 1.56. The molecule has 0 spiro atoms. The zero-order valence-corrected chi connectivity index (χ0v) is 10.4. The Morgan fingerprint density at radius 2 is 1.93 bits per heavy atom. The summed E-state index contributed by atoms with van der Waals surface area (Å²) in [5.41, 5.74) is 0.231. The molecule has 88 valence electrons. The van der Waals surface area contributed by atoms with Crippen LogP contribution in [0.4, 0.5) is 0 Å². The smallest absolute Gasteiger partial charge is 0.236 e. The van der Waals surface area contributed by atoms with Gasteiger partial charge in [0.2, 0.25) is 5.91 Å². The molecule has 1 fully saturated rings. The third-order valence-corrected chi connectivity index (χ3v) is 2.98. The molecule has 15 heavy (non-hydrogen) atoms. The molecule has 1 rings (SSSR count). The minimum Gasteiger partial charge on any atom is -0.355 e. The molecule has 3 heteroatoms. The quantitative estimate of drug-likeness (QED) is 0.703. The summed E-state index contributed by atoms with van der Waals surface area (Å²) >= 11 is 0. The van der Waals surface area contributed by atoms with E-state index in [-0.39, 0.29) is 17.5 Å². The lowest BCUT2D eigenvalue weighted by Crippen LogP contribution is -2.47. The minimum atomic E-state index is -0.0651. The number of hydrogen-bond acceptors (Lipinski definition) is 2. The van der Waals surface area contributed by atoms with Crippen molar-refractivity contribution in [3.63, 3.8) is 0 Å². The first kappa shape index (κ1) is 12.5. The van der Waals surface area contributed by atoms with Gasteiger partial charge in [-0.2, -0.15) is 0 Å². The molecule has 1 amide bonds. The van der Waals surface area contributed by atoms with Crippen LogP contribution in [0.5, 0.6) is 0 Å². The van der Waals surface area contributed by atoms with E-state index in [4.69, 9.17) is 0 Å². The van der Waals surface area contributed by atoms with Gasteiger partial charge in [0.1, 0.15) is 0 Å². The largest absolute Gasteiger partial charge is 0.355 e. The molecule has 1 unspecified atom stereocenters. The van der Waals surface area contributed by atoms with Crippen LogP contribution in [0.25, 0.3) is 0 Å². The van der Waals surface area contributed by atoms with Crippen molar-refractivity contribution in [1.29, 1.82) is 0 Å². The summed E-state index contributed by atoms with van der Waals surface area (Å²) in [6, 6.07) is -0.0651. The third-order valence-electron chi connectivity index (χ3n) is 2.98. The highest BCUT2D eigenvalue weighted by Crippen LogP contribution is 2.34. The fourth-order valence-electron chi connectivity index (χ4n) is 1.56. The lowest BCUT2D eigenvalue weighted by molar-refractivity contribution is -0.123. The first-order valence-electron chi connectivity index (χ1n) is 5.98. The lowest BCUT2D eigenvalue weighted by Gasteiger charge is -2.18. The molecule has 0 aromatic rings. The molecular weight excluding hydrogens is 188 g/mol. The fraction of sp³-hybridized carbons (Fsp3) is 0.917. The van der Waals surface area contributed by atoms with Gasteiger partial charge < -0.3 is 10.6 Å². The Hall–Kier alpha value is -0.570. The van der Waals surface area contributed by atoms with Crippen molar-refractivity contribution >= 4 is 5.91 Å². The molecule has 1 atom stereocenters. The molecule has 0 aromatic heterocycles. The third kappa shape index (κ3) is 4.65. The Kier molecular flexibility index (Phi) is 4.14. The van der Waals surface area contributed by atoms with Crippen LogP contribution in [-0.4, -0.2) is 24.0 Å². The topological polar surface area (TPSA) is 41.1 Å². The second-order valence-corrected chi connectivity index (χ2v) is 5.40. The molecule has 1 saturated carbocycles. The Bertz CT molecular complexity index is 222. The predicted molar refractivity (Wildman–Crippen MR) is 62.7 cm³/mol. The molecule has 2 N–H and O–H groups in total. The van der Waals surface area contributed by atoms with E-state index < -0.39 is 0 Å². The van der Waals surface area contributed by atoms with Crippen LogP contribution in [0.1, 0.15) is 47.0 Å². The molecule has 3 nitrogen and oxygen atoms in total. The van der Waals surface area contributed by atoms with Gasteiger partial charge in [-0.3, -0.25) is 4.79 Å². The minimum absolute atomic E-state index is 0.0651. The number of rotatable bonds is 6. The number of amides is 1. The van der Waals surface area contributed by atoms with Gasteiger partial charge in [0.15, 0.2) is 0 Å². The summed E-state index contributed by atoms with van der Waals surface area (Å²) in [6.07, 6.45) is 3.43. The molecule has 0 aliphatic heterocycles. The average Bonchev–Trinajstić information content (AvgIpc) is 2.82. The van der Waals surface area contributed by atoms with Gasteiger partial charge in [-0.25, -0.2) is 0 Å². The van der Waals surface area contributed by atoms with Crippen molar-refractivity contribution in [3.8, 4) is 0 Å². The number of hydrogen-bond donors (Lipinski definition) is 2. The molecule has 0 heterocycles. The first-order chi connectivity index (χ1) is 6.93. The van der Waals surface area contributed by atoms with Gasteiger partial charge in [0, 0.05) is 12.1 Å². The van der Waals surface area contributed by atoms with Crippen LogP contribution < -0.4 is 10.6 Å². The summed E-state index contributed by atoms with van der Waals surface area (Å²) in [6.45, 7) is 9.23. The van der Waals surface area contributed by atoms with E-state index in [1.807, 2.05) is 6.92 Å². The highest BCUT2D eigenvalue weighted by molar-refractivity contribution is 5.81. The van der Waals surface area contributed by atoms with Crippen LogP contribution >= 0.6 is 0 Å². The van der Waals surface area contributed by atoms with Crippen LogP contribution in [-0.2, 0) is 4.79 Å². The summed E-state index contributed by atoms with van der Waals surface area (Å²) < 4.78 is 0. The van der Waals surface area contributed by atoms with Crippen molar-refractivity contribution < 1.29 is 4.79 Å². The normalized spacial score (nSPS) is 20.1. The molecular formula is C12H24N2O. The second-order valence-electron chi connectivity index (χ2n) is 5.40. The summed E-state index contributed by atoms with van der Waals surface area (Å²) in [5, 5.41) is 6.32. The van der Waals surface area contributed by atoms with E-state index in [1.165, 1.54) is 12.8 Å². The summed E-state index contributed by atoms with van der Waals surface area (Å²) in [4.78, 5) is 11.7. The maximum Gasteiger partial charge on any atom is 0.236 e. The first-order valence-corrected chi connectivity index (χ1v) is 5.98. The monoisotopic (exact) mass is 212 g/mol. The van der Waals surface area contributed by atoms with E-state index in [0.29, 0.717) is 5.92 Å². The van der Waals surface area contributed by atoms with Gasteiger partial charge >= 0.3 is 0 Å². The van der Waals surface area contributed by atoms with Crippen LogP contribution in [0, 0.1) is 5.92 Å². The average molecular weight is 212 g/mol. The van der Waals surface area contributed by atoms with Crippen LogP contribution in [0.15, 0.2) is 0 Å². The standard InChI is InChI=1S/C12H24N2O/c1-9(2)5-8-13-11(15)10(3)14-12(4)6-7-12/h9-10,14H,5-8H2,1-4H3,(H,13,15). The van der Waals surface area contributed by atoms with E-state index in [2.05, 4.69) is 31.4 Å². The summed E-state index contributed by atoms with van der Waals surface area (Å²) in [7, 11) is 0. The van der Waals surface area contributed by atoms with E-state index in [9.17, 15) is 4.79 Å². The predicted octanol–water partition coefficient (Wildman–Crippen LogP) is 1.68. The van der Waals surface area contributed by atoms with Gasteiger partial charge in [-0.15, -0.1) is 0 Å². The molecule has 1 aliphatic carbocycles. The van der Waals surface area contributed by atoms with Gasteiger partial charge in [-0.1, -0.05) is 13.8 Å². The Morgan fingerprint density at radius 3 is 2.40 bits per heavy atom. The Labute approximate surface area is 93.0 Å². The summed E-state index contributed by atoms with van der Waals surface area (Å²) in [5.74, 6) is 0.776. The van der Waals surface area contributed by atoms with Crippen molar-refractivity contribution in [3.05, 3.63) is 0 Å². The van der Waals surface area contributed by atoms with Crippen molar-refractivity contribution in [2.75, 3.05) is 6.54 Å². The highest BCUT2D eigenvalue weighted by Gasteiger charge is 2.39. The van der Waals surface area contributed by atoms with Crippen LogP contribution in [0.3, 0.4) is 0 Å². The SMILES string of the molecule is CC(C)CCNC(=O)C(C)NC1(C)CC1. The molecule has 0 saturated heterocycles. The number of carbonyl (C=O) groups excluding carboxylic acids is 1. The maximum absolute atomic E-state index is 11.7. The highest BCUT2D eigenvalue weighted by atomic mass is 16.2. The van der Waals surface area contributed by atoms with E-state index >= 15 is 0 Å². The molecule has 0 radical (unpaired) electrons. The second kappa shape index (κ2) is 4.97. The molecule has 0 bridgehead atoms. The zero-order valence-electron chi connectivity index (χ0n) is 10.4. The molecule has 0 aromatic carbocycles. The van der Waals surface area contributed by atoms with Crippen molar-refractivity contribution in [1.82, 2.24) is 10.6 Å². The molecule has 1 aliphatic rings. The number of nitrogens with one attached hydrogen (secondary N) is 2. The lowest BCUT2D eigenvalue weighted by atomic mass is 10.1.